The van der Waals surface area contributed by atoms with Gasteiger partial charge in [-0.1, -0.05) is 0 Å². The lowest BCUT2D eigenvalue weighted by atomic mass is 10.2. The quantitative estimate of drug-likeness (QED) is 0.578. The average molecular weight is 259 g/mol. The largest absolute Gasteiger partial charge is 0.444 e. The Hall–Kier alpha value is -1.50. The van der Waals surface area contributed by atoms with Crippen molar-refractivity contribution in [1.29, 1.82) is 0 Å². The summed E-state index contributed by atoms with van der Waals surface area (Å²) < 4.78 is 5.04. The molecule has 1 rings (SSSR count). The van der Waals surface area contributed by atoms with Crippen LogP contribution in [0.5, 0.6) is 0 Å². The van der Waals surface area contributed by atoms with Gasteiger partial charge in [-0.3, -0.25) is 0 Å². The first-order chi connectivity index (χ1) is 8.38. The summed E-state index contributed by atoms with van der Waals surface area (Å²) in [5, 5.41) is 2.54. The van der Waals surface area contributed by atoms with E-state index < -0.39 is 11.7 Å². The first kappa shape index (κ1) is 14.6. The molecule has 2 N–H and O–H groups in total. The maximum absolute atomic E-state index is 11.2. The summed E-state index contributed by atoms with van der Waals surface area (Å²) >= 11 is 0. The predicted octanol–water partition coefficient (Wildman–Crippen LogP) is 0.858. The van der Waals surface area contributed by atoms with Crippen molar-refractivity contribution in [3.8, 4) is 0 Å². The number of nitrogens with zero attached hydrogens (tertiary/aromatic N) is 1. The zero-order valence-corrected chi connectivity index (χ0v) is 11.1. The van der Waals surface area contributed by atoms with E-state index in [2.05, 4.69) is 10.8 Å². The fraction of sp³-hybridized carbons (Fsp3) is 0.818. The number of rotatable bonds is 4. The minimum atomic E-state index is -0.512. The van der Waals surface area contributed by atoms with Gasteiger partial charge in [0.1, 0.15) is 5.60 Å². The third-order valence-electron chi connectivity index (χ3n) is 2.17. The van der Waals surface area contributed by atoms with Crippen molar-refractivity contribution in [2.45, 2.75) is 32.8 Å². The van der Waals surface area contributed by atoms with Crippen LogP contribution < -0.4 is 10.8 Å². The van der Waals surface area contributed by atoms with E-state index in [0.717, 1.165) is 19.5 Å². The predicted molar refractivity (Wildman–Crippen MR) is 64.9 cm³/mol. The molecule has 2 amide bonds. The van der Waals surface area contributed by atoms with E-state index in [4.69, 9.17) is 9.57 Å². The van der Waals surface area contributed by atoms with Crippen molar-refractivity contribution in [1.82, 2.24) is 15.7 Å². The minimum absolute atomic E-state index is 0.322. The number of carbonyl (C=O) groups is 2. The van der Waals surface area contributed by atoms with Crippen LogP contribution in [0.15, 0.2) is 0 Å². The van der Waals surface area contributed by atoms with Crippen molar-refractivity contribution >= 4 is 12.2 Å². The molecule has 104 valence electrons. The molecule has 0 atom stereocenters. The smallest absolute Gasteiger partial charge is 0.428 e. The zero-order valence-electron chi connectivity index (χ0n) is 11.1. The molecule has 1 heterocycles. The Labute approximate surface area is 107 Å². The number of hydrogen-bond donors (Lipinski definition) is 2. The van der Waals surface area contributed by atoms with Crippen LogP contribution in [0.1, 0.15) is 27.2 Å². The van der Waals surface area contributed by atoms with E-state index in [1.165, 1.54) is 0 Å². The van der Waals surface area contributed by atoms with Crippen molar-refractivity contribution in [2.75, 3.05) is 26.2 Å². The number of hydroxylamine groups is 1. The number of alkyl carbamates (subject to hydrolysis) is 1. The molecule has 7 nitrogen and oxygen atoms in total. The van der Waals surface area contributed by atoms with E-state index in [0.29, 0.717) is 13.1 Å². The normalized spacial score (nSPS) is 14.7. The molecule has 1 aliphatic rings. The summed E-state index contributed by atoms with van der Waals surface area (Å²) in [5.74, 6) is 0. The monoisotopic (exact) mass is 259 g/mol. The van der Waals surface area contributed by atoms with Gasteiger partial charge >= 0.3 is 12.2 Å². The summed E-state index contributed by atoms with van der Waals surface area (Å²) in [6.45, 7) is 7.52. The molecule has 0 aromatic carbocycles. The van der Waals surface area contributed by atoms with Crippen LogP contribution in [-0.2, 0) is 9.57 Å². The van der Waals surface area contributed by atoms with Crippen LogP contribution in [0.25, 0.3) is 0 Å². The van der Waals surface area contributed by atoms with Crippen LogP contribution in [-0.4, -0.2) is 48.9 Å². The van der Waals surface area contributed by atoms with Gasteiger partial charge in [-0.05, 0) is 27.2 Å². The highest BCUT2D eigenvalue weighted by molar-refractivity contribution is 5.68. The molecule has 1 fully saturated rings. The van der Waals surface area contributed by atoms with Crippen LogP contribution >= 0.6 is 0 Å². The van der Waals surface area contributed by atoms with Crippen LogP contribution in [0.2, 0.25) is 0 Å². The van der Waals surface area contributed by atoms with Crippen molar-refractivity contribution in [3.05, 3.63) is 0 Å². The van der Waals surface area contributed by atoms with Gasteiger partial charge in [0.05, 0.1) is 0 Å². The lowest BCUT2D eigenvalue weighted by Gasteiger charge is -2.29. The Morgan fingerprint density at radius 3 is 2.39 bits per heavy atom. The van der Waals surface area contributed by atoms with Gasteiger partial charge in [-0.2, -0.15) is 0 Å². The first-order valence-corrected chi connectivity index (χ1v) is 6.04. The highest BCUT2D eigenvalue weighted by atomic mass is 16.7. The lowest BCUT2D eigenvalue weighted by molar-refractivity contribution is 0.0380. The third-order valence-corrected chi connectivity index (χ3v) is 2.17. The van der Waals surface area contributed by atoms with Crippen LogP contribution in [0.4, 0.5) is 9.59 Å². The fourth-order valence-electron chi connectivity index (χ4n) is 1.21. The summed E-state index contributed by atoms with van der Waals surface area (Å²) in [7, 11) is 0. The fourth-order valence-corrected chi connectivity index (χ4v) is 1.21. The van der Waals surface area contributed by atoms with Gasteiger partial charge in [0.15, 0.2) is 0 Å². The van der Waals surface area contributed by atoms with Crippen LogP contribution in [0, 0.1) is 0 Å². The number of likely N-dealkylation sites (tertiary alicyclic amines) is 1. The number of amides is 2. The number of carbonyl (C=O) groups excluding carboxylic acids is 2. The van der Waals surface area contributed by atoms with Gasteiger partial charge < -0.3 is 19.8 Å². The molecule has 0 aromatic rings. The third kappa shape index (κ3) is 5.72. The maximum atomic E-state index is 11.2. The molecule has 0 radical (unpaired) electrons. The molecular formula is C11H21N3O4. The van der Waals surface area contributed by atoms with E-state index in [-0.39, 0.29) is 6.09 Å². The number of nitrogens with one attached hydrogen (secondary N) is 2. The van der Waals surface area contributed by atoms with E-state index in [1.54, 1.807) is 25.7 Å². The van der Waals surface area contributed by atoms with Gasteiger partial charge in [0.2, 0.25) is 0 Å². The van der Waals surface area contributed by atoms with Crippen molar-refractivity contribution < 1.29 is 19.2 Å². The van der Waals surface area contributed by atoms with E-state index >= 15 is 0 Å². The number of hydrogen-bond acceptors (Lipinski definition) is 5. The summed E-state index contributed by atoms with van der Waals surface area (Å²) in [6.07, 6.45) is 0.159. The second kappa shape index (κ2) is 6.44. The Bertz CT molecular complexity index is 297. The van der Waals surface area contributed by atoms with Gasteiger partial charge in [0.25, 0.3) is 0 Å². The summed E-state index contributed by atoms with van der Waals surface area (Å²) in [6, 6.07) is 0. The van der Waals surface area contributed by atoms with Crippen molar-refractivity contribution in [2.24, 2.45) is 0 Å². The molecule has 0 aliphatic carbocycles. The topological polar surface area (TPSA) is 79.9 Å². The van der Waals surface area contributed by atoms with Crippen LogP contribution in [0.3, 0.4) is 0 Å². The Balaban J connectivity index is 1.98. The molecule has 1 saturated heterocycles. The molecule has 0 spiro atoms. The number of ether oxygens (including phenoxy) is 1. The molecule has 18 heavy (non-hydrogen) atoms. The second-order valence-electron chi connectivity index (χ2n) is 5.03. The molecule has 1 aliphatic heterocycles. The Kier molecular flexibility index (Phi) is 5.21. The average Bonchev–Trinajstić information content (AvgIpc) is 2.11. The Morgan fingerprint density at radius 2 is 1.89 bits per heavy atom. The maximum Gasteiger partial charge on any atom is 0.428 e. The molecule has 0 unspecified atom stereocenters. The molecule has 0 saturated carbocycles. The first-order valence-electron chi connectivity index (χ1n) is 6.04. The Morgan fingerprint density at radius 1 is 1.22 bits per heavy atom. The molecule has 7 heteroatoms. The van der Waals surface area contributed by atoms with E-state index in [9.17, 15) is 9.59 Å². The van der Waals surface area contributed by atoms with Crippen molar-refractivity contribution in [3.63, 3.8) is 0 Å². The SMILES string of the molecule is CC(C)(C)OC(=O)NCCNOC(=O)N1CCC1. The zero-order chi connectivity index (χ0) is 13.6. The van der Waals surface area contributed by atoms with Gasteiger partial charge in [-0.25, -0.2) is 9.59 Å². The molecule has 0 aromatic heterocycles. The molecule has 0 bridgehead atoms. The standard InChI is InChI=1S/C11H21N3O4/c1-11(2,3)17-9(15)12-5-6-13-18-10(16)14-7-4-8-14/h13H,4-8H2,1-3H3,(H,12,15). The molecular weight excluding hydrogens is 238 g/mol. The summed E-state index contributed by atoms with van der Waals surface area (Å²) in [5.41, 5.74) is 1.98. The van der Waals surface area contributed by atoms with Gasteiger partial charge in [-0.15, -0.1) is 5.48 Å². The summed E-state index contributed by atoms with van der Waals surface area (Å²) in [4.78, 5) is 28.8. The highest BCUT2D eigenvalue weighted by Gasteiger charge is 2.21. The van der Waals surface area contributed by atoms with E-state index in [1.807, 2.05) is 0 Å². The minimum Gasteiger partial charge on any atom is -0.444 e. The lowest BCUT2D eigenvalue weighted by Crippen LogP contribution is -2.45. The van der Waals surface area contributed by atoms with Gasteiger partial charge in [0, 0.05) is 26.2 Å². The second-order valence-corrected chi connectivity index (χ2v) is 5.03. The highest BCUT2D eigenvalue weighted by Crippen LogP contribution is 2.06.